The van der Waals surface area contributed by atoms with Crippen molar-refractivity contribution < 1.29 is 0 Å². The van der Waals surface area contributed by atoms with Gasteiger partial charge in [-0.25, -0.2) is 4.98 Å². The molecule has 1 N–H and O–H groups in total. The van der Waals surface area contributed by atoms with Crippen LogP contribution in [0.1, 0.15) is 29.7 Å². The predicted molar refractivity (Wildman–Crippen MR) is 102 cm³/mol. The number of benzene rings is 1. The second-order valence-corrected chi connectivity index (χ2v) is 7.37. The van der Waals surface area contributed by atoms with E-state index >= 15 is 0 Å². The predicted octanol–water partition coefficient (Wildman–Crippen LogP) is 3.87. The monoisotopic (exact) mass is 332 g/mol. The third-order valence-corrected chi connectivity index (χ3v) is 5.53. The highest BCUT2D eigenvalue weighted by Crippen LogP contribution is 2.31. The number of nitrogens with one attached hydrogen (secondary N) is 1. The molecular weight excluding hydrogens is 308 g/mol. The largest absolute Gasteiger partial charge is 0.384 e. The van der Waals surface area contributed by atoms with Crippen molar-refractivity contribution in [2.45, 2.75) is 32.7 Å². The highest BCUT2D eigenvalue weighted by Gasteiger charge is 2.20. The van der Waals surface area contributed by atoms with Crippen LogP contribution in [0.4, 0.5) is 5.69 Å². The fourth-order valence-electron chi connectivity index (χ4n) is 4.19. The normalized spacial score (nSPS) is 17.2. The minimum Gasteiger partial charge on any atom is -0.384 e. The molecular formula is C21H24N4. The number of aryl methyl sites for hydroxylation is 1. The molecule has 0 unspecified atom stereocenters. The smallest absolute Gasteiger partial charge is 0.137 e. The van der Waals surface area contributed by atoms with E-state index in [0.717, 1.165) is 30.9 Å². The molecule has 4 nitrogen and oxygen atoms in total. The van der Waals surface area contributed by atoms with Crippen molar-refractivity contribution in [3.8, 4) is 11.3 Å². The topological polar surface area (TPSA) is 32.6 Å². The van der Waals surface area contributed by atoms with Crippen LogP contribution in [0.5, 0.6) is 0 Å². The first-order valence-corrected chi connectivity index (χ1v) is 9.35. The van der Waals surface area contributed by atoms with E-state index < -0.39 is 0 Å². The Bertz CT molecular complexity index is 934. The Kier molecular flexibility index (Phi) is 3.52. The summed E-state index contributed by atoms with van der Waals surface area (Å²) in [6.07, 6.45) is 5.97. The lowest BCUT2D eigenvalue weighted by atomic mass is 10.0. The lowest BCUT2D eigenvalue weighted by molar-refractivity contribution is 0.327. The van der Waals surface area contributed by atoms with Crippen molar-refractivity contribution in [2.24, 2.45) is 0 Å². The van der Waals surface area contributed by atoms with Gasteiger partial charge in [0.05, 0.1) is 11.4 Å². The van der Waals surface area contributed by atoms with E-state index in [-0.39, 0.29) is 0 Å². The second kappa shape index (κ2) is 5.88. The molecule has 0 aliphatic carbocycles. The Morgan fingerprint density at radius 2 is 2.00 bits per heavy atom. The molecule has 0 saturated carbocycles. The summed E-state index contributed by atoms with van der Waals surface area (Å²) < 4.78 is 2.30. The van der Waals surface area contributed by atoms with Crippen LogP contribution in [-0.2, 0) is 13.0 Å². The molecule has 4 heterocycles. The van der Waals surface area contributed by atoms with Crippen LogP contribution in [-0.4, -0.2) is 33.9 Å². The van der Waals surface area contributed by atoms with Gasteiger partial charge in [0.15, 0.2) is 0 Å². The Morgan fingerprint density at radius 3 is 2.88 bits per heavy atom. The zero-order valence-electron chi connectivity index (χ0n) is 14.8. The number of imidazole rings is 1. The molecule has 0 radical (unpaired) electrons. The van der Waals surface area contributed by atoms with Crippen LogP contribution in [0.2, 0.25) is 0 Å². The van der Waals surface area contributed by atoms with E-state index in [2.05, 4.69) is 58.1 Å². The molecule has 128 valence electrons. The van der Waals surface area contributed by atoms with Crippen LogP contribution in [0.15, 0.2) is 36.5 Å². The minimum absolute atomic E-state index is 0.981. The van der Waals surface area contributed by atoms with Crippen LogP contribution in [0.3, 0.4) is 0 Å². The highest BCUT2D eigenvalue weighted by molar-refractivity contribution is 5.71. The average Bonchev–Trinajstić information content (AvgIpc) is 3.35. The number of hydrogen-bond acceptors (Lipinski definition) is 3. The number of pyridine rings is 1. The Morgan fingerprint density at radius 1 is 1.12 bits per heavy atom. The summed E-state index contributed by atoms with van der Waals surface area (Å²) >= 11 is 0. The number of nitrogens with zero attached hydrogens (tertiary/aromatic N) is 3. The number of rotatable bonds is 3. The fourth-order valence-corrected chi connectivity index (χ4v) is 4.19. The summed E-state index contributed by atoms with van der Waals surface area (Å²) in [4.78, 5) is 7.57. The number of hydrogen-bond donors (Lipinski definition) is 1. The van der Waals surface area contributed by atoms with Gasteiger partial charge in [-0.15, -0.1) is 0 Å². The summed E-state index contributed by atoms with van der Waals surface area (Å²) in [5.74, 6) is 0. The van der Waals surface area contributed by atoms with Crippen molar-refractivity contribution in [2.75, 3.05) is 25.0 Å². The van der Waals surface area contributed by atoms with E-state index in [9.17, 15) is 0 Å². The molecule has 2 aliphatic rings. The molecule has 2 aliphatic heterocycles. The molecule has 2 aromatic heterocycles. The van der Waals surface area contributed by atoms with Gasteiger partial charge in [0.25, 0.3) is 0 Å². The first-order valence-electron chi connectivity index (χ1n) is 9.35. The fraction of sp³-hybridized carbons (Fsp3) is 0.381. The quantitative estimate of drug-likeness (QED) is 0.790. The third-order valence-electron chi connectivity index (χ3n) is 5.53. The van der Waals surface area contributed by atoms with Gasteiger partial charge in [0.2, 0.25) is 0 Å². The van der Waals surface area contributed by atoms with Crippen molar-refractivity contribution >= 4 is 11.3 Å². The van der Waals surface area contributed by atoms with Gasteiger partial charge in [0.1, 0.15) is 5.65 Å². The third kappa shape index (κ3) is 2.61. The lowest BCUT2D eigenvalue weighted by Gasteiger charge is -2.16. The average molecular weight is 332 g/mol. The van der Waals surface area contributed by atoms with E-state index in [1.807, 2.05) is 0 Å². The number of anilines is 1. The minimum atomic E-state index is 0.981. The van der Waals surface area contributed by atoms with Crippen LogP contribution < -0.4 is 5.32 Å². The van der Waals surface area contributed by atoms with E-state index in [4.69, 9.17) is 4.98 Å². The molecule has 5 rings (SSSR count). The van der Waals surface area contributed by atoms with Crippen molar-refractivity contribution in [1.29, 1.82) is 0 Å². The SMILES string of the molecule is Cc1ccc2nc(-c3ccc4c(c3)CCN4)c(CN3CCCC3)n2c1. The highest BCUT2D eigenvalue weighted by atomic mass is 15.2. The molecule has 25 heavy (non-hydrogen) atoms. The van der Waals surface area contributed by atoms with Gasteiger partial charge >= 0.3 is 0 Å². The summed E-state index contributed by atoms with van der Waals surface area (Å²) in [5.41, 5.74) is 8.74. The van der Waals surface area contributed by atoms with Gasteiger partial charge in [-0.1, -0.05) is 12.1 Å². The van der Waals surface area contributed by atoms with Gasteiger partial charge < -0.3 is 9.72 Å². The van der Waals surface area contributed by atoms with Crippen LogP contribution >= 0.6 is 0 Å². The number of likely N-dealkylation sites (tertiary alicyclic amines) is 1. The Labute approximate surface area is 148 Å². The van der Waals surface area contributed by atoms with Crippen molar-refractivity contribution in [1.82, 2.24) is 14.3 Å². The molecule has 4 heteroatoms. The zero-order chi connectivity index (χ0) is 16.8. The standard InChI is InChI=1S/C21H24N4/c1-15-4-7-20-23-21(17-5-6-18-16(12-17)8-9-22-18)19(25(20)13-15)14-24-10-2-3-11-24/h4-7,12-13,22H,2-3,8-11,14H2,1H3. The van der Waals surface area contributed by atoms with Gasteiger partial charge in [0, 0.05) is 30.5 Å². The molecule has 3 aromatic rings. The van der Waals surface area contributed by atoms with Crippen LogP contribution in [0, 0.1) is 6.92 Å². The summed E-state index contributed by atoms with van der Waals surface area (Å²) in [6.45, 7) is 6.58. The van der Waals surface area contributed by atoms with Crippen molar-refractivity contribution in [3.63, 3.8) is 0 Å². The maximum atomic E-state index is 5.01. The molecule has 0 amide bonds. The summed E-state index contributed by atoms with van der Waals surface area (Å²) in [6, 6.07) is 11.1. The zero-order valence-corrected chi connectivity index (χ0v) is 14.8. The van der Waals surface area contributed by atoms with E-state index in [0.29, 0.717) is 0 Å². The first-order chi connectivity index (χ1) is 12.3. The molecule has 0 atom stereocenters. The Balaban J connectivity index is 1.65. The van der Waals surface area contributed by atoms with E-state index in [1.165, 1.54) is 54.0 Å². The number of aromatic nitrogens is 2. The summed E-state index contributed by atoms with van der Waals surface area (Å²) in [5, 5.41) is 3.45. The van der Waals surface area contributed by atoms with Gasteiger partial charge in [-0.3, -0.25) is 4.90 Å². The van der Waals surface area contributed by atoms with Crippen molar-refractivity contribution in [3.05, 3.63) is 53.3 Å². The molecule has 0 bridgehead atoms. The summed E-state index contributed by atoms with van der Waals surface area (Å²) in [7, 11) is 0. The molecule has 1 aromatic carbocycles. The molecule has 1 fully saturated rings. The first kappa shape index (κ1) is 15.0. The molecule has 1 saturated heterocycles. The van der Waals surface area contributed by atoms with Gasteiger partial charge in [-0.2, -0.15) is 0 Å². The maximum Gasteiger partial charge on any atom is 0.137 e. The van der Waals surface area contributed by atoms with Gasteiger partial charge in [-0.05, 0) is 68.6 Å². The maximum absolute atomic E-state index is 5.01. The second-order valence-electron chi connectivity index (χ2n) is 7.37. The number of fused-ring (bicyclic) bond motifs is 2. The van der Waals surface area contributed by atoms with Crippen LogP contribution in [0.25, 0.3) is 16.9 Å². The lowest BCUT2D eigenvalue weighted by Crippen LogP contribution is -2.20. The Hall–Kier alpha value is -2.33. The van der Waals surface area contributed by atoms with E-state index in [1.54, 1.807) is 0 Å². The molecule has 0 spiro atoms.